The summed E-state index contributed by atoms with van der Waals surface area (Å²) >= 11 is 8.15. The summed E-state index contributed by atoms with van der Waals surface area (Å²) in [5.74, 6) is 3.09. The summed E-state index contributed by atoms with van der Waals surface area (Å²) in [5, 5.41) is 4.20. The Balaban J connectivity index is 2.13. The van der Waals surface area contributed by atoms with Crippen molar-refractivity contribution in [2.75, 3.05) is 24.7 Å². The molecule has 1 unspecified atom stereocenters. The van der Waals surface area contributed by atoms with Gasteiger partial charge in [0.1, 0.15) is 5.75 Å². The fourth-order valence-corrected chi connectivity index (χ4v) is 3.00. The predicted octanol–water partition coefficient (Wildman–Crippen LogP) is 3.12. The molecule has 16 heavy (non-hydrogen) atoms. The first-order valence-corrected chi connectivity index (χ1v) is 7.08. The Morgan fingerprint density at radius 3 is 3.06 bits per heavy atom. The van der Waals surface area contributed by atoms with Crippen LogP contribution in [0.5, 0.6) is 5.75 Å². The molecule has 1 fully saturated rings. The number of halogens is 1. The fourth-order valence-electron chi connectivity index (χ4n) is 1.79. The summed E-state index contributed by atoms with van der Waals surface area (Å²) in [6, 6.07) is 6.49. The zero-order valence-corrected chi connectivity index (χ0v) is 10.9. The molecule has 1 saturated heterocycles. The maximum atomic E-state index is 6.17. The van der Waals surface area contributed by atoms with Crippen LogP contribution in [0, 0.1) is 0 Å². The van der Waals surface area contributed by atoms with Crippen molar-refractivity contribution < 1.29 is 4.74 Å². The molecule has 0 radical (unpaired) electrons. The molecule has 4 heteroatoms. The van der Waals surface area contributed by atoms with E-state index in [0.29, 0.717) is 17.7 Å². The van der Waals surface area contributed by atoms with E-state index in [1.807, 2.05) is 30.8 Å². The van der Waals surface area contributed by atoms with Crippen LogP contribution in [-0.2, 0) is 0 Å². The molecule has 88 valence electrons. The normalized spacial score (nSPS) is 20.8. The first-order chi connectivity index (χ1) is 7.81. The van der Waals surface area contributed by atoms with E-state index in [4.69, 9.17) is 16.3 Å². The van der Waals surface area contributed by atoms with E-state index in [-0.39, 0.29) is 0 Å². The maximum absolute atomic E-state index is 6.17. The van der Waals surface area contributed by atoms with Crippen LogP contribution in [-0.4, -0.2) is 24.7 Å². The van der Waals surface area contributed by atoms with Crippen LogP contribution < -0.4 is 10.1 Å². The van der Waals surface area contributed by atoms with E-state index in [0.717, 1.165) is 18.0 Å². The van der Waals surface area contributed by atoms with Crippen molar-refractivity contribution in [1.82, 2.24) is 5.32 Å². The van der Waals surface area contributed by atoms with Crippen molar-refractivity contribution >= 4 is 23.4 Å². The predicted molar refractivity (Wildman–Crippen MR) is 70.7 cm³/mol. The average molecular weight is 258 g/mol. The van der Waals surface area contributed by atoms with Crippen LogP contribution >= 0.6 is 23.4 Å². The van der Waals surface area contributed by atoms with Gasteiger partial charge in [-0.25, -0.2) is 0 Å². The smallest absolute Gasteiger partial charge is 0.137 e. The highest BCUT2D eigenvalue weighted by molar-refractivity contribution is 7.99. The second-order valence-electron chi connectivity index (χ2n) is 3.70. The van der Waals surface area contributed by atoms with Crippen molar-refractivity contribution in [2.45, 2.75) is 13.0 Å². The summed E-state index contributed by atoms with van der Waals surface area (Å²) in [5.41, 5.74) is 1.25. The molecular weight excluding hydrogens is 242 g/mol. The molecule has 0 amide bonds. The van der Waals surface area contributed by atoms with Gasteiger partial charge in [0, 0.05) is 24.1 Å². The largest absolute Gasteiger partial charge is 0.492 e. The van der Waals surface area contributed by atoms with Crippen LogP contribution in [0.25, 0.3) is 0 Å². The second kappa shape index (κ2) is 5.80. The minimum atomic E-state index is 0.423. The molecule has 1 aliphatic heterocycles. The number of benzene rings is 1. The number of hydrogen-bond acceptors (Lipinski definition) is 3. The molecule has 0 spiro atoms. The van der Waals surface area contributed by atoms with Crippen LogP contribution in [0.1, 0.15) is 18.5 Å². The highest BCUT2D eigenvalue weighted by Gasteiger charge is 2.16. The van der Waals surface area contributed by atoms with Gasteiger partial charge in [0.25, 0.3) is 0 Å². The van der Waals surface area contributed by atoms with Crippen molar-refractivity contribution in [3.8, 4) is 5.75 Å². The Hall–Kier alpha value is -0.380. The van der Waals surface area contributed by atoms with E-state index in [2.05, 4.69) is 11.4 Å². The number of ether oxygens (including phenoxy) is 1. The van der Waals surface area contributed by atoms with Gasteiger partial charge in [0.2, 0.25) is 0 Å². The number of rotatable bonds is 3. The van der Waals surface area contributed by atoms with Crippen molar-refractivity contribution in [3.05, 3.63) is 28.8 Å². The Bertz CT molecular complexity index is 353. The molecular formula is C12H16ClNOS. The Labute approximate surface area is 106 Å². The SMILES string of the molecule is CCOc1ccc(C2CSCCN2)cc1Cl. The fraction of sp³-hybridized carbons (Fsp3) is 0.500. The molecule has 1 aromatic rings. The van der Waals surface area contributed by atoms with Crippen molar-refractivity contribution in [2.24, 2.45) is 0 Å². The lowest BCUT2D eigenvalue weighted by Crippen LogP contribution is -2.30. The van der Waals surface area contributed by atoms with Gasteiger partial charge in [-0.1, -0.05) is 17.7 Å². The monoisotopic (exact) mass is 257 g/mol. The molecule has 2 nitrogen and oxygen atoms in total. The number of nitrogens with one attached hydrogen (secondary N) is 1. The molecule has 1 aromatic carbocycles. The lowest BCUT2D eigenvalue weighted by molar-refractivity contribution is 0.340. The third-order valence-electron chi connectivity index (χ3n) is 2.58. The minimum Gasteiger partial charge on any atom is -0.492 e. The minimum absolute atomic E-state index is 0.423. The van der Waals surface area contributed by atoms with Gasteiger partial charge >= 0.3 is 0 Å². The van der Waals surface area contributed by atoms with E-state index in [1.54, 1.807) is 0 Å². The van der Waals surface area contributed by atoms with Crippen LogP contribution in [0.2, 0.25) is 5.02 Å². The molecule has 0 aromatic heterocycles. The molecule has 2 rings (SSSR count). The standard InChI is InChI=1S/C12H16ClNOS/c1-2-15-12-4-3-9(7-10(12)13)11-8-16-6-5-14-11/h3-4,7,11,14H,2,5-6,8H2,1H3. The quantitative estimate of drug-likeness (QED) is 0.899. The summed E-state index contributed by atoms with van der Waals surface area (Å²) in [6.45, 7) is 3.68. The molecule has 1 aliphatic rings. The lowest BCUT2D eigenvalue weighted by atomic mass is 10.1. The van der Waals surface area contributed by atoms with Gasteiger partial charge in [-0.2, -0.15) is 11.8 Å². The Morgan fingerprint density at radius 2 is 2.44 bits per heavy atom. The topological polar surface area (TPSA) is 21.3 Å². The summed E-state index contributed by atoms with van der Waals surface area (Å²) in [7, 11) is 0. The first-order valence-electron chi connectivity index (χ1n) is 5.54. The average Bonchev–Trinajstić information content (AvgIpc) is 2.33. The molecule has 0 saturated carbocycles. The highest BCUT2D eigenvalue weighted by atomic mass is 35.5. The van der Waals surface area contributed by atoms with Crippen molar-refractivity contribution in [3.63, 3.8) is 0 Å². The van der Waals surface area contributed by atoms with E-state index >= 15 is 0 Å². The van der Waals surface area contributed by atoms with Gasteiger partial charge in [0.15, 0.2) is 0 Å². The molecule has 1 N–H and O–H groups in total. The zero-order chi connectivity index (χ0) is 11.4. The molecule has 1 heterocycles. The molecule has 0 bridgehead atoms. The van der Waals surface area contributed by atoms with Gasteiger partial charge in [-0.3, -0.25) is 0 Å². The van der Waals surface area contributed by atoms with Gasteiger partial charge in [0.05, 0.1) is 11.6 Å². The van der Waals surface area contributed by atoms with Gasteiger partial charge in [-0.15, -0.1) is 0 Å². The van der Waals surface area contributed by atoms with Crippen LogP contribution in [0.4, 0.5) is 0 Å². The summed E-state index contributed by atoms with van der Waals surface area (Å²) < 4.78 is 5.42. The second-order valence-corrected chi connectivity index (χ2v) is 5.26. The summed E-state index contributed by atoms with van der Waals surface area (Å²) in [4.78, 5) is 0. The maximum Gasteiger partial charge on any atom is 0.137 e. The van der Waals surface area contributed by atoms with Crippen molar-refractivity contribution in [1.29, 1.82) is 0 Å². The third-order valence-corrected chi connectivity index (χ3v) is 3.94. The first kappa shape index (κ1) is 12.1. The van der Waals surface area contributed by atoms with E-state index < -0.39 is 0 Å². The summed E-state index contributed by atoms with van der Waals surface area (Å²) in [6.07, 6.45) is 0. The van der Waals surface area contributed by atoms with E-state index in [1.165, 1.54) is 11.3 Å². The third kappa shape index (κ3) is 2.84. The van der Waals surface area contributed by atoms with Crippen LogP contribution in [0.15, 0.2) is 18.2 Å². The number of hydrogen-bond donors (Lipinski definition) is 1. The van der Waals surface area contributed by atoms with E-state index in [9.17, 15) is 0 Å². The Morgan fingerprint density at radius 1 is 1.56 bits per heavy atom. The van der Waals surface area contributed by atoms with Gasteiger partial charge in [-0.05, 0) is 24.6 Å². The number of thioether (sulfide) groups is 1. The van der Waals surface area contributed by atoms with Gasteiger partial charge < -0.3 is 10.1 Å². The highest BCUT2D eigenvalue weighted by Crippen LogP contribution is 2.30. The molecule has 0 aliphatic carbocycles. The lowest BCUT2D eigenvalue weighted by Gasteiger charge is -2.23. The Kier molecular flexibility index (Phi) is 4.38. The van der Waals surface area contributed by atoms with Crippen LogP contribution in [0.3, 0.4) is 0 Å². The zero-order valence-electron chi connectivity index (χ0n) is 9.33. The molecule has 1 atom stereocenters.